The number of aromatic nitrogens is 3. The van der Waals surface area contributed by atoms with E-state index in [9.17, 15) is 4.79 Å². The maximum atomic E-state index is 12.4. The lowest BCUT2D eigenvalue weighted by molar-refractivity contribution is 0.0945. The quantitative estimate of drug-likeness (QED) is 0.766. The number of carbonyl (C=O) groups is 1. The molecule has 0 unspecified atom stereocenters. The number of amides is 1. The van der Waals surface area contributed by atoms with E-state index in [0.717, 1.165) is 12.0 Å². The van der Waals surface area contributed by atoms with Crippen LogP contribution < -0.4 is 5.32 Å². The Bertz CT molecular complexity index is 893. The van der Waals surface area contributed by atoms with Crippen molar-refractivity contribution >= 4 is 17.5 Å². The van der Waals surface area contributed by atoms with Crippen LogP contribution in [0.1, 0.15) is 34.0 Å². The molecule has 2 atom stereocenters. The molecule has 1 saturated carbocycles. The molecule has 0 spiro atoms. The zero-order chi connectivity index (χ0) is 17.2. The minimum absolute atomic E-state index is 0.170. The second-order valence-electron chi connectivity index (χ2n) is 6.23. The van der Waals surface area contributed by atoms with Crippen LogP contribution in [0.3, 0.4) is 0 Å². The molecule has 0 bridgehead atoms. The number of halogens is 1. The summed E-state index contributed by atoms with van der Waals surface area (Å²) in [6.07, 6.45) is 2.61. The Hall–Kier alpha value is -2.66. The van der Waals surface area contributed by atoms with E-state index in [1.165, 1.54) is 5.56 Å². The Labute approximate surface area is 150 Å². The summed E-state index contributed by atoms with van der Waals surface area (Å²) in [6.45, 7) is 0.482. The van der Waals surface area contributed by atoms with Crippen molar-refractivity contribution in [2.45, 2.75) is 24.9 Å². The standard InChI is InChI=1S/C19H17ClN4O/c20-16-9-5-4-8-14(16)11-24-12-18(22-23-24)19(25)21-17-10-15(17)13-6-2-1-3-7-13/h1-9,12,15,17H,10-11H2,(H,21,25)/t15-,17+/m0/s1. The van der Waals surface area contributed by atoms with Crippen molar-refractivity contribution < 1.29 is 4.79 Å². The molecule has 25 heavy (non-hydrogen) atoms. The van der Waals surface area contributed by atoms with Crippen LogP contribution in [-0.4, -0.2) is 26.9 Å². The van der Waals surface area contributed by atoms with E-state index in [2.05, 4.69) is 27.8 Å². The normalized spacial score (nSPS) is 18.8. The molecule has 0 aliphatic heterocycles. The molecule has 6 heteroatoms. The van der Waals surface area contributed by atoms with Gasteiger partial charge in [0.15, 0.2) is 5.69 Å². The van der Waals surface area contributed by atoms with Crippen LogP contribution in [0, 0.1) is 0 Å². The van der Waals surface area contributed by atoms with Crippen LogP contribution in [0.5, 0.6) is 0 Å². The smallest absolute Gasteiger partial charge is 0.273 e. The molecule has 1 amide bonds. The third-order valence-corrected chi connectivity index (χ3v) is 4.76. The SMILES string of the molecule is O=C(N[C@@H]1C[C@H]1c1ccccc1)c1cn(Cc2ccccc2Cl)nn1. The summed E-state index contributed by atoms with van der Waals surface area (Å²) in [5, 5.41) is 11.7. The van der Waals surface area contributed by atoms with E-state index in [1.807, 2.05) is 42.5 Å². The zero-order valence-electron chi connectivity index (χ0n) is 13.5. The summed E-state index contributed by atoms with van der Waals surface area (Å²) in [5.74, 6) is 0.206. The molecule has 5 nitrogen and oxygen atoms in total. The van der Waals surface area contributed by atoms with Gasteiger partial charge in [-0.25, -0.2) is 4.68 Å². The van der Waals surface area contributed by atoms with E-state index in [0.29, 0.717) is 23.2 Å². The van der Waals surface area contributed by atoms with Crippen LogP contribution in [0.15, 0.2) is 60.8 Å². The molecular weight excluding hydrogens is 336 g/mol. The highest BCUT2D eigenvalue weighted by molar-refractivity contribution is 6.31. The van der Waals surface area contributed by atoms with E-state index < -0.39 is 0 Å². The van der Waals surface area contributed by atoms with Gasteiger partial charge >= 0.3 is 0 Å². The summed E-state index contributed by atoms with van der Waals surface area (Å²) in [4.78, 5) is 12.4. The van der Waals surface area contributed by atoms with Crippen molar-refractivity contribution in [1.82, 2.24) is 20.3 Å². The van der Waals surface area contributed by atoms with Crippen LogP contribution in [-0.2, 0) is 6.54 Å². The molecule has 1 heterocycles. The van der Waals surface area contributed by atoms with Gasteiger partial charge < -0.3 is 5.32 Å². The minimum Gasteiger partial charge on any atom is -0.347 e. The number of nitrogens with one attached hydrogen (secondary N) is 1. The van der Waals surface area contributed by atoms with E-state index in [-0.39, 0.29) is 11.9 Å². The largest absolute Gasteiger partial charge is 0.347 e. The molecule has 3 aromatic rings. The molecule has 2 aromatic carbocycles. The molecule has 1 N–H and O–H groups in total. The predicted molar refractivity (Wildman–Crippen MR) is 95.6 cm³/mol. The molecule has 126 valence electrons. The summed E-state index contributed by atoms with van der Waals surface area (Å²) in [6, 6.07) is 18.0. The third-order valence-electron chi connectivity index (χ3n) is 4.40. The topological polar surface area (TPSA) is 59.8 Å². The van der Waals surface area contributed by atoms with Crippen molar-refractivity contribution in [2.75, 3.05) is 0 Å². The molecular formula is C19H17ClN4O. The zero-order valence-corrected chi connectivity index (χ0v) is 14.2. The van der Waals surface area contributed by atoms with Gasteiger partial charge in [0.05, 0.1) is 12.7 Å². The lowest BCUT2D eigenvalue weighted by Crippen LogP contribution is -2.26. The Balaban J connectivity index is 1.38. The molecule has 0 radical (unpaired) electrons. The summed E-state index contributed by atoms with van der Waals surface area (Å²) in [5.41, 5.74) is 2.52. The fourth-order valence-electron chi connectivity index (χ4n) is 2.95. The van der Waals surface area contributed by atoms with Gasteiger partial charge in [-0.05, 0) is 23.6 Å². The van der Waals surface area contributed by atoms with Crippen LogP contribution in [0.4, 0.5) is 0 Å². The Kier molecular flexibility index (Phi) is 4.24. The average Bonchev–Trinajstić information content (AvgIpc) is 3.23. The fraction of sp³-hybridized carbons (Fsp3) is 0.211. The highest BCUT2D eigenvalue weighted by atomic mass is 35.5. The number of hydrogen-bond acceptors (Lipinski definition) is 3. The number of nitrogens with zero attached hydrogens (tertiary/aromatic N) is 3. The second-order valence-corrected chi connectivity index (χ2v) is 6.63. The van der Waals surface area contributed by atoms with Crippen LogP contribution >= 0.6 is 11.6 Å². The first-order valence-electron chi connectivity index (χ1n) is 8.20. The van der Waals surface area contributed by atoms with Crippen molar-refractivity contribution in [3.8, 4) is 0 Å². The summed E-state index contributed by atoms with van der Waals surface area (Å²) >= 11 is 6.15. The Morgan fingerprint density at radius 2 is 1.92 bits per heavy atom. The number of rotatable bonds is 5. The van der Waals surface area contributed by atoms with E-state index in [4.69, 9.17) is 11.6 Å². The van der Waals surface area contributed by atoms with Gasteiger partial charge in [-0.3, -0.25) is 4.79 Å². The lowest BCUT2D eigenvalue weighted by Gasteiger charge is -2.03. The monoisotopic (exact) mass is 352 g/mol. The highest BCUT2D eigenvalue weighted by Crippen LogP contribution is 2.40. The third kappa shape index (κ3) is 3.56. The van der Waals surface area contributed by atoms with Gasteiger partial charge in [-0.2, -0.15) is 0 Å². The van der Waals surface area contributed by atoms with Crippen LogP contribution in [0.2, 0.25) is 5.02 Å². The summed E-state index contributed by atoms with van der Waals surface area (Å²) < 4.78 is 1.62. The van der Waals surface area contributed by atoms with Crippen molar-refractivity contribution in [2.24, 2.45) is 0 Å². The molecule has 1 aliphatic carbocycles. The van der Waals surface area contributed by atoms with Gasteiger partial charge in [0, 0.05) is 17.0 Å². The average molecular weight is 353 g/mol. The maximum absolute atomic E-state index is 12.4. The van der Waals surface area contributed by atoms with Gasteiger partial charge in [-0.15, -0.1) is 5.10 Å². The lowest BCUT2D eigenvalue weighted by atomic mass is 10.1. The Morgan fingerprint density at radius 1 is 1.16 bits per heavy atom. The first-order chi connectivity index (χ1) is 12.2. The number of carbonyl (C=O) groups excluding carboxylic acids is 1. The maximum Gasteiger partial charge on any atom is 0.273 e. The molecule has 1 fully saturated rings. The van der Waals surface area contributed by atoms with Gasteiger partial charge in [-0.1, -0.05) is 65.3 Å². The summed E-state index contributed by atoms with van der Waals surface area (Å²) in [7, 11) is 0. The molecule has 1 aromatic heterocycles. The molecule has 4 rings (SSSR count). The molecule has 0 saturated heterocycles. The fourth-order valence-corrected chi connectivity index (χ4v) is 3.14. The highest BCUT2D eigenvalue weighted by Gasteiger charge is 2.39. The van der Waals surface area contributed by atoms with Gasteiger partial charge in [0.25, 0.3) is 5.91 Å². The Morgan fingerprint density at radius 3 is 2.72 bits per heavy atom. The number of benzene rings is 2. The number of hydrogen-bond donors (Lipinski definition) is 1. The minimum atomic E-state index is -0.186. The van der Waals surface area contributed by atoms with Gasteiger partial charge in [0.2, 0.25) is 0 Å². The predicted octanol–water partition coefficient (Wildman–Crippen LogP) is 3.27. The second kappa shape index (κ2) is 6.69. The van der Waals surface area contributed by atoms with E-state index in [1.54, 1.807) is 10.9 Å². The first-order valence-corrected chi connectivity index (χ1v) is 8.58. The van der Waals surface area contributed by atoms with E-state index >= 15 is 0 Å². The van der Waals surface area contributed by atoms with Crippen molar-refractivity contribution in [3.05, 3.63) is 82.6 Å². The van der Waals surface area contributed by atoms with Gasteiger partial charge in [0.1, 0.15) is 0 Å². The van der Waals surface area contributed by atoms with Crippen molar-refractivity contribution in [1.29, 1.82) is 0 Å². The molecule has 1 aliphatic rings. The first kappa shape index (κ1) is 15.8. The van der Waals surface area contributed by atoms with Crippen LogP contribution in [0.25, 0.3) is 0 Å². The van der Waals surface area contributed by atoms with Crippen molar-refractivity contribution in [3.63, 3.8) is 0 Å².